The molecule has 0 aliphatic rings. The molecule has 0 spiro atoms. The molecule has 1 atom stereocenters. The van der Waals surface area contributed by atoms with Crippen molar-refractivity contribution >= 4 is 18.3 Å². The van der Waals surface area contributed by atoms with Gasteiger partial charge in [0, 0.05) is 19.0 Å². The summed E-state index contributed by atoms with van der Waals surface area (Å²) in [5, 5.41) is 6.97. The molecule has 28 heavy (non-hydrogen) atoms. The van der Waals surface area contributed by atoms with Crippen LogP contribution in [0, 0.1) is 0 Å². The van der Waals surface area contributed by atoms with Crippen molar-refractivity contribution in [3.05, 3.63) is 65.5 Å². The lowest BCUT2D eigenvalue weighted by molar-refractivity contribution is -0.119. The number of rotatable bonds is 7. The van der Waals surface area contributed by atoms with Crippen molar-refractivity contribution < 1.29 is 14.1 Å². The summed E-state index contributed by atoms with van der Waals surface area (Å²) in [6.45, 7) is 1.97. The highest BCUT2D eigenvalue weighted by molar-refractivity contribution is 5.85. The Kier molecular flexibility index (Phi) is 7.54. The van der Waals surface area contributed by atoms with Crippen molar-refractivity contribution in [2.24, 2.45) is 5.73 Å². The first-order valence-corrected chi connectivity index (χ1v) is 8.62. The largest absolute Gasteiger partial charge is 0.497 e. The third-order valence-electron chi connectivity index (χ3n) is 4.19. The monoisotopic (exact) mass is 402 g/mol. The Morgan fingerprint density at radius 1 is 1.18 bits per heavy atom. The van der Waals surface area contributed by atoms with Crippen LogP contribution in [0.2, 0.25) is 0 Å². The fraction of sp³-hybridized carbons (Fsp3) is 0.250. The predicted molar refractivity (Wildman–Crippen MR) is 108 cm³/mol. The summed E-state index contributed by atoms with van der Waals surface area (Å²) in [7, 11) is 1.61. The maximum absolute atomic E-state index is 11.6. The van der Waals surface area contributed by atoms with Gasteiger partial charge in [-0.2, -0.15) is 4.98 Å². The quantitative estimate of drug-likeness (QED) is 0.629. The van der Waals surface area contributed by atoms with Gasteiger partial charge in [-0.3, -0.25) is 4.79 Å². The smallest absolute Gasteiger partial charge is 0.229 e. The molecule has 0 fully saturated rings. The molecule has 0 saturated carbocycles. The number of halogens is 1. The van der Waals surface area contributed by atoms with Gasteiger partial charge in [-0.15, -0.1) is 12.4 Å². The van der Waals surface area contributed by atoms with E-state index in [0.717, 1.165) is 22.4 Å². The topological polar surface area (TPSA) is 103 Å². The number of benzene rings is 2. The predicted octanol–water partition coefficient (Wildman–Crippen LogP) is 3.05. The number of hydrogen-bond acceptors (Lipinski definition) is 6. The minimum Gasteiger partial charge on any atom is -0.497 e. The first-order valence-electron chi connectivity index (χ1n) is 8.62. The summed E-state index contributed by atoms with van der Waals surface area (Å²) in [6, 6.07) is 14.9. The second kappa shape index (κ2) is 9.87. The Balaban J connectivity index is 0.00000280. The number of aromatic nitrogens is 2. The fourth-order valence-corrected chi connectivity index (χ4v) is 2.75. The number of nitrogens with one attached hydrogen (secondary N) is 1. The maximum Gasteiger partial charge on any atom is 0.229 e. The van der Waals surface area contributed by atoms with Crippen LogP contribution in [-0.4, -0.2) is 23.2 Å². The van der Waals surface area contributed by atoms with E-state index in [1.165, 1.54) is 6.92 Å². The number of carbonyl (C=O) groups is 1. The maximum atomic E-state index is 11.6. The second-order valence-corrected chi connectivity index (χ2v) is 6.14. The Bertz CT molecular complexity index is 895. The molecule has 7 nitrogen and oxygen atoms in total. The van der Waals surface area contributed by atoms with Crippen LogP contribution >= 0.6 is 12.4 Å². The van der Waals surface area contributed by atoms with Crippen molar-refractivity contribution in [3.63, 3.8) is 0 Å². The summed E-state index contributed by atoms with van der Waals surface area (Å²) in [4.78, 5) is 16.1. The molecule has 3 N–H and O–H groups in total. The molecular weight excluding hydrogens is 380 g/mol. The number of nitrogens with zero attached hydrogens (tertiary/aromatic N) is 2. The van der Waals surface area contributed by atoms with Crippen molar-refractivity contribution in [1.29, 1.82) is 0 Å². The first-order chi connectivity index (χ1) is 13.1. The van der Waals surface area contributed by atoms with E-state index in [1.807, 2.05) is 48.5 Å². The lowest BCUT2D eigenvalue weighted by Crippen LogP contribution is -2.27. The highest BCUT2D eigenvalue weighted by Crippen LogP contribution is 2.23. The third-order valence-corrected chi connectivity index (χ3v) is 4.19. The fourth-order valence-electron chi connectivity index (χ4n) is 2.75. The zero-order valence-corrected chi connectivity index (χ0v) is 16.5. The number of nitrogens with two attached hydrogens (primary N) is 1. The molecule has 1 heterocycles. The Hall–Kier alpha value is -2.90. The summed E-state index contributed by atoms with van der Waals surface area (Å²) in [5.41, 5.74) is 8.43. The lowest BCUT2D eigenvalue weighted by atomic mass is 10.0. The van der Waals surface area contributed by atoms with Crippen LogP contribution in [0.5, 0.6) is 5.75 Å². The van der Waals surface area contributed by atoms with E-state index < -0.39 is 0 Å². The normalized spacial score (nSPS) is 11.4. The average molecular weight is 403 g/mol. The minimum absolute atomic E-state index is 0. The Labute approximate surface area is 169 Å². The van der Waals surface area contributed by atoms with Gasteiger partial charge < -0.3 is 20.3 Å². The first kappa shape index (κ1) is 21.4. The molecule has 8 heteroatoms. The molecule has 0 bridgehead atoms. The van der Waals surface area contributed by atoms with Crippen LogP contribution < -0.4 is 15.8 Å². The molecule has 3 rings (SSSR count). The van der Waals surface area contributed by atoms with E-state index in [0.29, 0.717) is 24.7 Å². The second-order valence-electron chi connectivity index (χ2n) is 6.14. The molecule has 0 aliphatic carbocycles. The lowest BCUT2D eigenvalue weighted by Gasteiger charge is -2.16. The van der Waals surface area contributed by atoms with E-state index in [2.05, 4.69) is 15.5 Å². The van der Waals surface area contributed by atoms with Gasteiger partial charge in [0.2, 0.25) is 17.6 Å². The van der Waals surface area contributed by atoms with Gasteiger partial charge >= 0.3 is 0 Å². The minimum atomic E-state index is -0.277. The highest BCUT2D eigenvalue weighted by atomic mass is 35.5. The van der Waals surface area contributed by atoms with Gasteiger partial charge in [0.25, 0.3) is 0 Å². The highest BCUT2D eigenvalue weighted by Gasteiger charge is 2.18. The summed E-state index contributed by atoms with van der Waals surface area (Å²) in [5.74, 6) is 1.57. The van der Waals surface area contributed by atoms with E-state index in [9.17, 15) is 4.79 Å². The Morgan fingerprint density at radius 2 is 1.86 bits per heavy atom. The third kappa shape index (κ3) is 5.31. The van der Waals surface area contributed by atoms with Crippen molar-refractivity contribution in [3.8, 4) is 17.1 Å². The SMILES string of the molecule is COc1ccc(C(Cc2nc(-c3ccc(CN)cc3)no2)NC(C)=O)cc1.Cl. The van der Waals surface area contributed by atoms with Crippen LogP contribution in [0.15, 0.2) is 53.1 Å². The van der Waals surface area contributed by atoms with Gasteiger partial charge in [-0.25, -0.2) is 0 Å². The van der Waals surface area contributed by atoms with Gasteiger partial charge in [-0.1, -0.05) is 41.6 Å². The van der Waals surface area contributed by atoms with Gasteiger partial charge in [0.15, 0.2) is 0 Å². The van der Waals surface area contributed by atoms with E-state index in [4.69, 9.17) is 15.0 Å². The van der Waals surface area contributed by atoms with Crippen LogP contribution in [0.3, 0.4) is 0 Å². The van der Waals surface area contributed by atoms with E-state index in [1.54, 1.807) is 7.11 Å². The van der Waals surface area contributed by atoms with E-state index >= 15 is 0 Å². The molecule has 1 unspecified atom stereocenters. The zero-order chi connectivity index (χ0) is 19.2. The van der Waals surface area contributed by atoms with Crippen LogP contribution in [0.1, 0.15) is 30.0 Å². The molecule has 1 aromatic heterocycles. The van der Waals surface area contributed by atoms with Gasteiger partial charge in [0.05, 0.1) is 19.6 Å². The molecule has 3 aromatic rings. The van der Waals surface area contributed by atoms with Gasteiger partial charge in [-0.05, 0) is 23.3 Å². The molecular formula is C20H23ClN4O3. The van der Waals surface area contributed by atoms with Crippen LogP contribution in [0.25, 0.3) is 11.4 Å². The molecule has 2 aromatic carbocycles. The number of methoxy groups -OCH3 is 1. The number of carbonyl (C=O) groups excluding carboxylic acids is 1. The summed E-state index contributed by atoms with van der Waals surface area (Å²) < 4.78 is 10.6. The van der Waals surface area contributed by atoms with Gasteiger partial charge in [0.1, 0.15) is 5.75 Å². The molecule has 0 radical (unpaired) electrons. The van der Waals surface area contributed by atoms with Crippen molar-refractivity contribution in [2.45, 2.75) is 25.9 Å². The van der Waals surface area contributed by atoms with Crippen LogP contribution in [-0.2, 0) is 17.8 Å². The summed E-state index contributed by atoms with van der Waals surface area (Å²) >= 11 is 0. The zero-order valence-electron chi connectivity index (χ0n) is 15.7. The van der Waals surface area contributed by atoms with Crippen molar-refractivity contribution in [2.75, 3.05) is 7.11 Å². The van der Waals surface area contributed by atoms with E-state index in [-0.39, 0.29) is 24.4 Å². The molecule has 148 valence electrons. The van der Waals surface area contributed by atoms with Crippen molar-refractivity contribution in [1.82, 2.24) is 15.5 Å². The number of ether oxygens (including phenoxy) is 1. The molecule has 1 amide bonds. The molecule has 0 aliphatic heterocycles. The Morgan fingerprint density at radius 3 is 2.43 bits per heavy atom. The molecule has 0 saturated heterocycles. The summed E-state index contributed by atoms with van der Waals surface area (Å²) in [6.07, 6.45) is 0.389. The average Bonchev–Trinajstić information content (AvgIpc) is 3.16. The van der Waals surface area contributed by atoms with Crippen LogP contribution in [0.4, 0.5) is 0 Å². The number of hydrogen-bond donors (Lipinski definition) is 2. The standard InChI is InChI=1S/C20H22N4O3.ClH/c1-13(25)22-18(15-7-9-17(26-2)10-8-15)11-19-23-20(24-27-19)16-5-3-14(12-21)4-6-16;/h3-10,18H,11-12,21H2,1-2H3,(H,22,25);1H. The number of amides is 1.